The predicted octanol–water partition coefficient (Wildman–Crippen LogP) is 3.25. The molecule has 1 aromatic heterocycles. The molecule has 2 aromatic rings. The number of benzene rings is 1. The molecule has 3 heteroatoms. The van der Waals surface area contributed by atoms with Gasteiger partial charge in [-0.1, -0.05) is 12.1 Å². The third-order valence-electron chi connectivity index (χ3n) is 2.62. The maximum atomic E-state index is 4.38. The van der Waals surface area contributed by atoms with Crippen molar-refractivity contribution in [3.05, 3.63) is 60.4 Å². The van der Waals surface area contributed by atoms with E-state index in [1.54, 1.807) is 12.4 Å². The van der Waals surface area contributed by atoms with Crippen LogP contribution in [-0.2, 0) is 0 Å². The van der Waals surface area contributed by atoms with Crippen LogP contribution in [0.4, 0.5) is 11.4 Å². The van der Waals surface area contributed by atoms with Gasteiger partial charge in [0.2, 0.25) is 0 Å². The van der Waals surface area contributed by atoms with Crippen molar-refractivity contribution in [2.24, 2.45) is 4.99 Å². The van der Waals surface area contributed by atoms with Gasteiger partial charge in [0.25, 0.3) is 0 Å². The number of para-hydroxylation sites is 2. The number of aromatic nitrogens is 1. The second-order valence-electron chi connectivity index (χ2n) is 3.74. The number of nitrogens with zero attached hydrogens (tertiary/aromatic N) is 2. The molecule has 0 radical (unpaired) electrons. The Labute approximate surface area is 99.6 Å². The van der Waals surface area contributed by atoms with E-state index in [-0.39, 0.29) is 0 Å². The van der Waals surface area contributed by atoms with Crippen molar-refractivity contribution in [1.29, 1.82) is 0 Å². The highest BCUT2D eigenvalue weighted by Crippen LogP contribution is 2.29. The van der Waals surface area contributed by atoms with Gasteiger partial charge in [0.15, 0.2) is 0 Å². The number of hydrogen-bond donors (Lipinski definition) is 1. The van der Waals surface area contributed by atoms with Gasteiger partial charge in [-0.15, -0.1) is 0 Å². The average molecular weight is 221 g/mol. The number of nitrogens with one attached hydrogen (secondary N) is 1. The molecule has 0 saturated carbocycles. The Morgan fingerprint density at radius 3 is 2.65 bits per heavy atom. The molecule has 2 heterocycles. The standard InChI is InChI=1S/C14H11N3/c1-2-4-14-13(3-1)16-10-7-12(17-14)11-5-8-15-9-6-11/h1-10,17H. The smallest absolute Gasteiger partial charge is 0.0864 e. The summed E-state index contributed by atoms with van der Waals surface area (Å²) < 4.78 is 0. The molecule has 0 fully saturated rings. The summed E-state index contributed by atoms with van der Waals surface area (Å²) >= 11 is 0. The van der Waals surface area contributed by atoms with Crippen LogP contribution in [-0.4, -0.2) is 11.2 Å². The van der Waals surface area contributed by atoms with Crippen LogP contribution in [0, 0.1) is 0 Å². The molecule has 82 valence electrons. The Morgan fingerprint density at radius 1 is 0.941 bits per heavy atom. The monoisotopic (exact) mass is 221 g/mol. The molecule has 1 N–H and O–H groups in total. The van der Waals surface area contributed by atoms with Crippen molar-refractivity contribution in [1.82, 2.24) is 4.98 Å². The molecule has 0 atom stereocenters. The first-order valence-corrected chi connectivity index (χ1v) is 5.44. The third kappa shape index (κ3) is 1.95. The summed E-state index contributed by atoms with van der Waals surface area (Å²) in [6, 6.07) is 11.9. The van der Waals surface area contributed by atoms with Gasteiger partial charge in [0.1, 0.15) is 0 Å². The average Bonchev–Trinajstić information content (AvgIpc) is 2.62. The molecule has 0 unspecified atom stereocenters. The van der Waals surface area contributed by atoms with E-state index in [9.17, 15) is 0 Å². The summed E-state index contributed by atoms with van der Waals surface area (Å²) in [5.74, 6) is 0. The molecular formula is C14H11N3. The van der Waals surface area contributed by atoms with Crippen LogP contribution in [0.1, 0.15) is 5.56 Å². The van der Waals surface area contributed by atoms with Gasteiger partial charge in [0.05, 0.1) is 11.4 Å². The maximum Gasteiger partial charge on any atom is 0.0864 e. The quantitative estimate of drug-likeness (QED) is 0.802. The summed E-state index contributed by atoms with van der Waals surface area (Å²) in [6.07, 6.45) is 7.35. The number of aliphatic imine (C=N–C) groups is 1. The van der Waals surface area contributed by atoms with Gasteiger partial charge < -0.3 is 5.32 Å². The molecule has 3 nitrogen and oxygen atoms in total. The van der Waals surface area contributed by atoms with Crippen molar-refractivity contribution in [3.8, 4) is 0 Å². The van der Waals surface area contributed by atoms with Crippen LogP contribution in [0.25, 0.3) is 5.70 Å². The highest BCUT2D eigenvalue weighted by atomic mass is 14.9. The Bertz CT molecular complexity index is 585. The number of anilines is 1. The van der Waals surface area contributed by atoms with E-state index in [4.69, 9.17) is 0 Å². The minimum absolute atomic E-state index is 0.952. The van der Waals surface area contributed by atoms with Crippen LogP contribution in [0.2, 0.25) is 0 Å². The summed E-state index contributed by atoms with van der Waals surface area (Å²) in [4.78, 5) is 8.40. The molecular weight excluding hydrogens is 210 g/mol. The van der Waals surface area contributed by atoms with Crippen molar-refractivity contribution >= 4 is 23.3 Å². The van der Waals surface area contributed by atoms with Gasteiger partial charge in [-0.05, 0) is 30.3 Å². The zero-order valence-corrected chi connectivity index (χ0v) is 9.17. The van der Waals surface area contributed by atoms with Gasteiger partial charge in [-0.3, -0.25) is 9.98 Å². The van der Waals surface area contributed by atoms with Gasteiger partial charge >= 0.3 is 0 Å². The normalized spacial score (nSPS) is 13.3. The van der Waals surface area contributed by atoms with E-state index >= 15 is 0 Å². The SMILES string of the molecule is C1=Nc2ccccc2NC(c2ccncc2)=C1. The summed E-state index contributed by atoms with van der Waals surface area (Å²) in [6.45, 7) is 0. The van der Waals surface area contributed by atoms with Crippen LogP contribution in [0.15, 0.2) is 59.9 Å². The Balaban J connectivity index is 2.02. The van der Waals surface area contributed by atoms with Gasteiger partial charge in [-0.25, -0.2) is 0 Å². The largest absolute Gasteiger partial charge is 0.353 e. The van der Waals surface area contributed by atoms with Gasteiger partial charge in [-0.2, -0.15) is 0 Å². The molecule has 1 aliphatic heterocycles. The highest BCUT2D eigenvalue weighted by Gasteiger charge is 2.06. The van der Waals surface area contributed by atoms with Gasteiger partial charge in [0, 0.05) is 29.9 Å². The second kappa shape index (κ2) is 4.22. The number of allylic oxidation sites excluding steroid dienone is 1. The van der Waals surface area contributed by atoms with Crippen molar-refractivity contribution in [3.63, 3.8) is 0 Å². The molecule has 17 heavy (non-hydrogen) atoms. The first-order valence-electron chi connectivity index (χ1n) is 5.44. The minimum Gasteiger partial charge on any atom is -0.353 e. The molecule has 0 amide bonds. The van der Waals surface area contributed by atoms with E-state index in [0.717, 1.165) is 22.6 Å². The molecule has 0 bridgehead atoms. The third-order valence-corrected chi connectivity index (χ3v) is 2.62. The van der Waals surface area contributed by atoms with E-state index in [1.807, 2.05) is 48.7 Å². The lowest BCUT2D eigenvalue weighted by Crippen LogP contribution is -1.98. The zero-order valence-electron chi connectivity index (χ0n) is 9.17. The topological polar surface area (TPSA) is 37.3 Å². The van der Waals surface area contributed by atoms with Crippen LogP contribution in [0.3, 0.4) is 0 Å². The first-order chi connectivity index (χ1) is 8.43. The second-order valence-corrected chi connectivity index (χ2v) is 3.74. The number of rotatable bonds is 1. The summed E-state index contributed by atoms with van der Waals surface area (Å²) in [5, 5.41) is 3.38. The maximum absolute atomic E-state index is 4.38. The van der Waals surface area contributed by atoms with Crippen LogP contribution < -0.4 is 5.32 Å². The number of hydrogen-bond acceptors (Lipinski definition) is 3. The van der Waals surface area contributed by atoms with Crippen molar-refractivity contribution in [2.75, 3.05) is 5.32 Å². The van der Waals surface area contributed by atoms with Crippen LogP contribution >= 0.6 is 0 Å². The number of fused-ring (bicyclic) bond motifs is 1. The lowest BCUT2D eigenvalue weighted by molar-refractivity contribution is 1.31. The van der Waals surface area contributed by atoms with E-state index < -0.39 is 0 Å². The van der Waals surface area contributed by atoms with Crippen molar-refractivity contribution < 1.29 is 0 Å². The first kappa shape index (κ1) is 9.78. The molecule has 1 aromatic carbocycles. The van der Waals surface area contributed by atoms with E-state index in [2.05, 4.69) is 15.3 Å². The lowest BCUT2D eigenvalue weighted by Gasteiger charge is -2.10. The number of pyridine rings is 1. The zero-order chi connectivity index (χ0) is 11.5. The molecule has 0 saturated heterocycles. The fourth-order valence-corrected chi connectivity index (χ4v) is 1.77. The predicted molar refractivity (Wildman–Crippen MR) is 70.4 cm³/mol. The van der Waals surface area contributed by atoms with E-state index in [0.29, 0.717) is 0 Å². The Hall–Kier alpha value is -2.42. The Kier molecular flexibility index (Phi) is 2.43. The molecule has 3 rings (SSSR count). The Morgan fingerprint density at radius 2 is 1.76 bits per heavy atom. The highest BCUT2D eigenvalue weighted by molar-refractivity contribution is 5.95. The lowest BCUT2D eigenvalue weighted by atomic mass is 10.2. The molecule has 0 aliphatic carbocycles. The molecule has 1 aliphatic rings. The summed E-state index contributed by atoms with van der Waals surface area (Å²) in [5.41, 5.74) is 4.10. The minimum atomic E-state index is 0.952. The molecule has 0 spiro atoms. The fourth-order valence-electron chi connectivity index (χ4n) is 1.77. The van der Waals surface area contributed by atoms with Crippen molar-refractivity contribution in [2.45, 2.75) is 0 Å². The van der Waals surface area contributed by atoms with E-state index in [1.165, 1.54) is 0 Å². The van der Waals surface area contributed by atoms with Crippen LogP contribution in [0.5, 0.6) is 0 Å². The fraction of sp³-hybridized carbons (Fsp3) is 0. The summed E-state index contributed by atoms with van der Waals surface area (Å²) in [7, 11) is 0.